The lowest BCUT2D eigenvalue weighted by atomic mass is 9.85. The quantitative estimate of drug-likeness (QED) is 0.176. The minimum atomic E-state index is -0.766. The number of hydrogen-bond donors (Lipinski definition) is 1. The average molecular weight is 592 g/mol. The molecule has 2 aliphatic heterocycles. The van der Waals surface area contributed by atoms with Crippen LogP contribution in [0.4, 0.5) is 5.69 Å². The first-order valence-electron chi connectivity index (χ1n) is 14.4. The predicted octanol–water partition coefficient (Wildman–Crippen LogP) is 7.40. The summed E-state index contributed by atoms with van der Waals surface area (Å²) in [6.07, 6.45) is 1.69. The van der Waals surface area contributed by atoms with Crippen LogP contribution < -0.4 is 9.47 Å². The van der Waals surface area contributed by atoms with E-state index in [0.29, 0.717) is 51.8 Å². The minimum Gasteiger partial charge on any atom is -0.508 e. The molecule has 9 heteroatoms. The fourth-order valence-electron chi connectivity index (χ4n) is 5.66. The summed E-state index contributed by atoms with van der Waals surface area (Å²) >= 11 is 0. The van der Waals surface area contributed by atoms with Gasteiger partial charge in [-0.3, -0.25) is 9.89 Å². The highest BCUT2D eigenvalue weighted by molar-refractivity contribution is 6.09. The Balaban J connectivity index is 1.73. The third kappa shape index (κ3) is 4.80. The number of phenols is 1. The Kier molecular flexibility index (Phi) is 7.47. The van der Waals surface area contributed by atoms with Gasteiger partial charge in [-0.1, -0.05) is 18.7 Å². The van der Waals surface area contributed by atoms with E-state index in [1.165, 1.54) is 0 Å². The molecule has 9 nitrogen and oxygen atoms in total. The lowest BCUT2D eigenvalue weighted by Crippen LogP contribution is -2.46. The highest BCUT2D eigenvalue weighted by Gasteiger charge is 2.46. The molecule has 2 aliphatic rings. The van der Waals surface area contributed by atoms with E-state index in [1.807, 2.05) is 39.0 Å². The highest BCUT2D eigenvalue weighted by atomic mass is 16.5. The lowest BCUT2D eigenvalue weighted by molar-refractivity contribution is -0.140. The number of carbonyl (C=O) groups is 1. The number of furan rings is 1. The molecule has 3 heterocycles. The van der Waals surface area contributed by atoms with Crippen LogP contribution in [0.2, 0.25) is 0 Å². The zero-order valence-corrected chi connectivity index (χ0v) is 25.3. The fourth-order valence-corrected chi connectivity index (χ4v) is 5.66. The van der Waals surface area contributed by atoms with Gasteiger partial charge in [0.1, 0.15) is 40.3 Å². The molecule has 1 atom stereocenters. The zero-order chi connectivity index (χ0) is 31.1. The molecule has 3 aromatic carbocycles. The number of methoxy groups -OCH3 is 1. The van der Waals surface area contributed by atoms with E-state index < -0.39 is 12.0 Å². The number of esters is 1. The van der Waals surface area contributed by atoms with Crippen molar-refractivity contribution >= 4 is 46.0 Å². The molecule has 6 rings (SSSR count). The van der Waals surface area contributed by atoms with Crippen molar-refractivity contribution in [3.63, 3.8) is 0 Å². The van der Waals surface area contributed by atoms with E-state index in [9.17, 15) is 9.90 Å². The first-order chi connectivity index (χ1) is 21.2. The van der Waals surface area contributed by atoms with Gasteiger partial charge in [0.15, 0.2) is 0 Å². The molecule has 224 valence electrons. The van der Waals surface area contributed by atoms with E-state index in [-0.39, 0.29) is 24.1 Å². The number of fused-ring (bicyclic) bond motifs is 7. The van der Waals surface area contributed by atoms with Crippen LogP contribution in [-0.4, -0.2) is 48.0 Å². The number of rotatable bonds is 7. The topological polar surface area (TPSA) is 106 Å². The molecule has 44 heavy (non-hydrogen) atoms. The monoisotopic (exact) mass is 591 g/mol. The number of phenolic OH excluding ortho intramolecular Hbond substituents is 1. The first-order valence-corrected chi connectivity index (χ1v) is 14.4. The number of benzene rings is 3. The van der Waals surface area contributed by atoms with Crippen molar-refractivity contribution in [1.29, 1.82) is 0 Å². The van der Waals surface area contributed by atoms with Gasteiger partial charge >= 0.3 is 12.0 Å². The second-order valence-electron chi connectivity index (χ2n) is 10.5. The highest BCUT2D eigenvalue weighted by Crippen LogP contribution is 2.52. The summed E-state index contributed by atoms with van der Waals surface area (Å²) in [4.78, 5) is 24.8. The van der Waals surface area contributed by atoms with E-state index in [1.54, 1.807) is 61.4 Å². The molecule has 0 bridgehead atoms. The first kappa shape index (κ1) is 28.8. The van der Waals surface area contributed by atoms with Crippen LogP contribution in [0.3, 0.4) is 0 Å². The summed E-state index contributed by atoms with van der Waals surface area (Å²) < 4.78 is 24.0. The summed E-state index contributed by atoms with van der Waals surface area (Å²) in [6, 6.07) is 15.7. The van der Waals surface area contributed by atoms with Gasteiger partial charge in [0.05, 0.1) is 25.0 Å². The molecule has 1 aromatic heterocycles. The average Bonchev–Trinajstić information content (AvgIpc) is 3.45. The number of aliphatic imine (C=N–C) groups is 2. The van der Waals surface area contributed by atoms with Gasteiger partial charge in [0, 0.05) is 28.8 Å². The summed E-state index contributed by atoms with van der Waals surface area (Å²) in [6.45, 7) is 12.3. The fraction of sp³-hybridized carbons (Fsp3) is 0.229. The zero-order valence-electron chi connectivity index (χ0n) is 25.3. The number of allylic oxidation sites excluding steroid dienone is 1. The van der Waals surface area contributed by atoms with Crippen LogP contribution in [0.25, 0.3) is 22.6 Å². The number of ether oxygens (including phenoxy) is 3. The van der Waals surface area contributed by atoms with Crippen molar-refractivity contribution in [2.45, 2.75) is 33.7 Å². The lowest BCUT2D eigenvalue weighted by Gasteiger charge is -2.42. The molecular weight excluding hydrogens is 558 g/mol. The number of aromatic hydroxyl groups is 1. The molecule has 1 unspecified atom stereocenters. The molecule has 0 amide bonds. The van der Waals surface area contributed by atoms with Crippen molar-refractivity contribution in [2.75, 3.05) is 20.3 Å². The van der Waals surface area contributed by atoms with Gasteiger partial charge < -0.3 is 23.7 Å². The van der Waals surface area contributed by atoms with E-state index in [0.717, 1.165) is 22.2 Å². The van der Waals surface area contributed by atoms with Crippen molar-refractivity contribution < 1.29 is 28.5 Å². The van der Waals surface area contributed by atoms with Gasteiger partial charge in [-0.2, -0.15) is 4.99 Å². The number of hydrogen-bond acceptors (Lipinski definition) is 8. The van der Waals surface area contributed by atoms with Gasteiger partial charge in [0.25, 0.3) is 0 Å². The maximum absolute atomic E-state index is 13.6. The predicted molar refractivity (Wildman–Crippen MR) is 171 cm³/mol. The van der Waals surface area contributed by atoms with Crippen LogP contribution in [0.5, 0.6) is 17.2 Å². The second-order valence-corrected chi connectivity index (χ2v) is 10.5. The number of carbonyl (C=O) groups excluding carboxylic acids is 1. The van der Waals surface area contributed by atoms with Crippen molar-refractivity contribution in [2.24, 2.45) is 9.98 Å². The van der Waals surface area contributed by atoms with Gasteiger partial charge in [0.2, 0.25) is 0 Å². The molecule has 0 fully saturated rings. The Morgan fingerprint density at radius 1 is 1.09 bits per heavy atom. The van der Waals surface area contributed by atoms with E-state index in [2.05, 4.69) is 6.58 Å². The molecule has 1 N–H and O–H groups in total. The maximum atomic E-state index is 13.6. The second kappa shape index (κ2) is 11.4. The molecular formula is C35H33N3O6. The van der Waals surface area contributed by atoms with Gasteiger partial charge in [-0.15, -0.1) is 0 Å². The summed E-state index contributed by atoms with van der Waals surface area (Å²) in [7, 11) is 1.59. The molecule has 0 aliphatic carbocycles. The standard InChI is InChI=1S/C35H33N3O6/c1-7-36-20(5)25-16-22-18-28(19(3)4)43-32(22)30-31-29-21(10-9-11-27(29)39)17-26(34(40)42-8-2)38(31)35(44-33(25)30)37-23-12-14-24(41-6)15-13-23/h9-18,31,39H,3,7-8H2,1-2,4-6H3. The molecule has 0 radical (unpaired) electrons. The van der Waals surface area contributed by atoms with E-state index >= 15 is 0 Å². The van der Waals surface area contributed by atoms with E-state index in [4.69, 9.17) is 28.6 Å². The van der Waals surface area contributed by atoms with Crippen molar-refractivity contribution in [1.82, 2.24) is 4.90 Å². The van der Waals surface area contributed by atoms with Crippen LogP contribution in [0.1, 0.15) is 61.8 Å². The molecule has 0 saturated heterocycles. The van der Waals surface area contributed by atoms with Crippen LogP contribution in [0.15, 0.2) is 81.3 Å². The Morgan fingerprint density at radius 2 is 1.86 bits per heavy atom. The van der Waals surface area contributed by atoms with Crippen LogP contribution in [-0.2, 0) is 9.53 Å². The summed E-state index contributed by atoms with van der Waals surface area (Å²) in [5, 5.41) is 12.2. The Bertz CT molecular complexity index is 1900. The largest absolute Gasteiger partial charge is 0.508 e. The number of nitrogens with zero attached hydrogens (tertiary/aromatic N) is 3. The number of amidine groups is 1. The third-order valence-corrected chi connectivity index (χ3v) is 7.66. The van der Waals surface area contributed by atoms with Crippen LogP contribution >= 0.6 is 0 Å². The minimum absolute atomic E-state index is 0.0532. The maximum Gasteiger partial charge on any atom is 0.355 e. The van der Waals surface area contributed by atoms with Gasteiger partial charge in [-0.05, 0) is 87.4 Å². The van der Waals surface area contributed by atoms with Crippen molar-refractivity contribution in [3.8, 4) is 17.2 Å². The summed E-state index contributed by atoms with van der Waals surface area (Å²) in [5.41, 5.74) is 5.44. The Morgan fingerprint density at radius 3 is 2.55 bits per heavy atom. The molecule has 4 aromatic rings. The Hall–Kier alpha value is -5.31. The molecule has 0 saturated carbocycles. The van der Waals surface area contributed by atoms with Crippen LogP contribution in [0, 0.1) is 0 Å². The molecule has 0 spiro atoms. The van der Waals surface area contributed by atoms with Crippen molar-refractivity contribution in [3.05, 3.63) is 94.9 Å². The smallest absolute Gasteiger partial charge is 0.355 e. The third-order valence-electron chi connectivity index (χ3n) is 7.66. The normalized spacial score (nSPS) is 16.5. The van der Waals surface area contributed by atoms with Gasteiger partial charge in [-0.25, -0.2) is 4.79 Å². The summed E-state index contributed by atoms with van der Waals surface area (Å²) in [5.74, 6) is 1.26. The Labute approximate surface area is 255 Å². The SMILES string of the molecule is C=C(C)c1cc2cc(C(C)=NCC)c3c(c2o1)C1c2c(O)cccc2C=C(C(=O)OCC)N1C(=Nc1ccc(OC)cc1)O3.